The molecule has 3 aromatic carbocycles. The third kappa shape index (κ3) is 4.61. The second kappa shape index (κ2) is 8.02. The molecule has 2 N–H and O–H groups in total. The van der Waals surface area contributed by atoms with Crippen LogP contribution in [0.2, 0.25) is 0 Å². The molecule has 0 bridgehead atoms. The summed E-state index contributed by atoms with van der Waals surface area (Å²) in [6.45, 7) is 0.655. The molecule has 0 heterocycles. The highest BCUT2D eigenvalue weighted by Crippen LogP contribution is 2.19. The highest BCUT2D eigenvalue weighted by molar-refractivity contribution is 5.87. The number of hydrogen-bond acceptors (Lipinski definition) is 3. The van der Waals surface area contributed by atoms with Crippen LogP contribution in [0.25, 0.3) is 0 Å². The summed E-state index contributed by atoms with van der Waals surface area (Å²) >= 11 is 0. The van der Waals surface area contributed by atoms with Gasteiger partial charge in [-0.3, -0.25) is 4.90 Å². The maximum atomic E-state index is 12.7. The number of nitrogens with two attached hydrogens (primary N) is 1. The van der Waals surface area contributed by atoms with Gasteiger partial charge in [0.2, 0.25) is 0 Å². The molecule has 3 rings (SSSR count). The van der Waals surface area contributed by atoms with Gasteiger partial charge in [-0.05, 0) is 35.4 Å². The van der Waals surface area contributed by atoms with E-state index in [-0.39, 0.29) is 12.7 Å². The van der Waals surface area contributed by atoms with Crippen molar-refractivity contribution in [3.8, 4) is 0 Å². The largest absolute Gasteiger partial charge is 0.444 e. The monoisotopic (exact) mass is 332 g/mol. The van der Waals surface area contributed by atoms with Crippen molar-refractivity contribution >= 4 is 17.5 Å². The van der Waals surface area contributed by atoms with E-state index in [1.165, 1.54) is 0 Å². The fraction of sp³-hybridized carbons (Fsp3) is 0.0952. The molecule has 0 radical (unpaired) electrons. The number of anilines is 2. The lowest BCUT2D eigenvalue weighted by molar-refractivity contribution is 0.146. The Morgan fingerprint density at radius 3 is 2.04 bits per heavy atom. The molecule has 25 heavy (non-hydrogen) atoms. The van der Waals surface area contributed by atoms with Crippen molar-refractivity contribution in [2.45, 2.75) is 13.2 Å². The van der Waals surface area contributed by atoms with E-state index < -0.39 is 0 Å². The summed E-state index contributed by atoms with van der Waals surface area (Å²) in [5.41, 5.74) is 9.16. The topological polar surface area (TPSA) is 55.6 Å². The second-order valence-electron chi connectivity index (χ2n) is 5.70. The van der Waals surface area contributed by atoms with Crippen molar-refractivity contribution in [1.29, 1.82) is 0 Å². The summed E-state index contributed by atoms with van der Waals surface area (Å²) in [5.74, 6) is 0. The third-order valence-electron chi connectivity index (χ3n) is 3.81. The van der Waals surface area contributed by atoms with Crippen LogP contribution in [0.15, 0.2) is 84.9 Å². The molecule has 0 spiro atoms. The molecule has 0 unspecified atom stereocenters. The molecule has 0 saturated carbocycles. The average molecular weight is 332 g/mol. The molecule has 0 aliphatic heterocycles. The first-order valence-corrected chi connectivity index (χ1v) is 8.10. The number of nitrogens with zero attached hydrogens (tertiary/aromatic N) is 1. The lowest BCUT2D eigenvalue weighted by Crippen LogP contribution is -2.30. The molecule has 1 amide bonds. The van der Waals surface area contributed by atoms with Crippen LogP contribution < -0.4 is 10.6 Å². The van der Waals surface area contributed by atoms with Crippen LogP contribution in [-0.2, 0) is 17.9 Å². The molecule has 126 valence electrons. The van der Waals surface area contributed by atoms with Gasteiger partial charge < -0.3 is 10.5 Å². The van der Waals surface area contributed by atoms with Crippen molar-refractivity contribution in [2.75, 3.05) is 10.6 Å². The Morgan fingerprint density at radius 1 is 0.800 bits per heavy atom. The van der Waals surface area contributed by atoms with Gasteiger partial charge in [0.05, 0.1) is 6.54 Å². The number of ether oxygens (including phenoxy) is 1. The van der Waals surface area contributed by atoms with Gasteiger partial charge in [-0.2, -0.15) is 0 Å². The number of carbonyl (C=O) groups is 1. The summed E-state index contributed by atoms with van der Waals surface area (Å²) in [4.78, 5) is 14.3. The van der Waals surface area contributed by atoms with E-state index in [0.29, 0.717) is 12.2 Å². The van der Waals surface area contributed by atoms with Gasteiger partial charge >= 0.3 is 6.09 Å². The highest BCUT2D eigenvalue weighted by atomic mass is 16.6. The quantitative estimate of drug-likeness (QED) is 0.694. The van der Waals surface area contributed by atoms with Gasteiger partial charge in [0.15, 0.2) is 0 Å². The molecule has 0 aliphatic rings. The van der Waals surface area contributed by atoms with E-state index in [0.717, 1.165) is 16.8 Å². The molecule has 3 aromatic rings. The van der Waals surface area contributed by atoms with Gasteiger partial charge in [0, 0.05) is 11.4 Å². The number of hydrogen-bond donors (Lipinski definition) is 1. The fourth-order valence-corrected chi connectivity index (χ4v) is 2.47. The van der Waals surface area contributed by atoms with E-state index in [2.05, 4.69) is 0 Å². The average Bonchev–Trinajstić information content (AvgIpc) is 2.67. The smallest absolute Gasteiger partial charge is 0.414 e. The first kappa shape index (κ1) is 16.6. The van der Waals surface area contributed by atoms with E-state index in [9.17, 15) is 4.79 Å². The first-order valence-electron chi connectivity index (χ1n) is 8.10. The lowest BCUT2D eigenvalue weighted by Gasteiger charge is -2.22. The summed E-state index contributed by atoms with van der Waals surface area (Å²) < 4.78 is 5.50. The fourth-order valence-electron chi connectivity index (χ4n) is 2.47. The minimum Gasteiger partial charge on any atom is -0.444 e. The third-order valence-corrected chi connectivity index (χ3v) is 3.81. The van der Waals surface area contributed by atoms with E-state index in [1.54, 1.807) is 4.90 Å². The van der Waals surface area contributed by atoms with Crippen LogP contribution in [0.1, 0.15) is 11.1 Å². The number of rotatable bonds is 5. The van der Waals surface area contributed by atoms with Crippen LogP contribution in [0.5, 0.6) is 0 Å². The molecule has 0 aromatic heterocycles. The lowest BCUT2D eigenvalue weighted by atomic mass is 10.2. The SMILES string of the molecule is Nc1ccc(CN(C(=O)OCc2ccccc2)c2ccccc2)cc1. The zero-order valence-electron chi connectivity index (χ0n) is 13.8. The standard InChI is InChI=1S/C21H20N2O2/c22-19-13-11-17(12-14-19)15-23(20-9-5-2-6-10-20)21(24)25-16-18-7-3-1-4-8-18/h1-14H,15-16,22H2. The molecule has 0 fully saturated rings. The van der Waals surface area contributed by atoms with Crippen LogP contribution in [0.4, 0.5) is 16.2 Å². The van der Waals surface area contributed by atoms with Gasteiger partial charge in [-0.1, -0.05) is 60.7 Å². The van der Waals surface area contributed by atoms with Crippen LogP contribution in [0, 0.1) is 0 Å². The molecule has 4 nitrogen and oxygen atoms in total. The second-order valence-corrected chi connectivity index (χ2v) is 5.70. The number of para-hydroxylation sites is 1. The van der Waals surface area contributed by atoms with Crippen LogP contribution in [-0.4, -0.2) is 6.09 Å². The maximum Gasteiger partial charge on any atom is 0.414 e. The van der Waals surface area contributed by atoms with E-state index in [1.807, 2.05) is 84.9 Å². The molecule has 0 aliphatic carbocycles. The zero-order chi connectivity index (χ0) is 17.5. The summed E-state index contributed by atoms with van der Waals surface area (Å²) in [5, 5.41) is 0. The molecule has 0 atom stereocenters. The predicted octanol–water partition coefficient (Wildman–Crippen LogP) is 4.61. The van der Waals surface area contributed by atoms with Crippen molar-refractivity contribution in [3.63, 3.8) is 0 Å². The van der Waals surface area contributed by atoms with Crippen molar-refractivity contribution < 1.29 is 9.53 Å². The number of benzene rings is 3. The minimum atomic E-state index is -0.383. The normalized spacial score (nSPS) is 10.2. The Labute approximate surface area is 147 Å². The van der Waals surface area contributed by atoms with Gasteiger partial charge in [-0.25, -0.2) is 4.79 Å². The van der Waals surface area contributed by atoms with Crippen molar-refractivity contribution in [3.05, 3.63) is 96.1 Å². The van der Waals surface area contributed by atoms with Gasteiger partial charge in [0.25, 0.3) is 0 Å². The van der Waals surface area contributed by atoms with Crippen LogP contribution >= 0.6 is 0 Å². The van der Waals surface area contributed by atoms with E-state index in [4.69, 9.17) is 10.5 Å². The number of amides is 1. The molecular weight excluding hydrogens is 312 g/mol. The summed E-state index contributed by atoms with van der Waals surface area (Å²) in [6, 6.07) is 26.6. The highest BCUT2D eigenvalue weighted by Gasteiger charge is 2.17. The molecule has 4 heteroatoms. The first-order chi connectivity index (χ1) is 12.2. The Bertz CT molecular complexity index is 802. The Hall–Kier alpha value is -3.27. The summed E-state index contributed by atoms with van der Waals surface area (Å²) in [7, 11) is 0. The Balaban J connectivity index is 1.76. The predicted molar refractivity (Wildman–Crippen MR) is 100 cm³/mol. The minimum absolute atomic E-state index is 0.241. The van der Waals surface area contributed by atoms with Crippen LogP contribution in [0.3, 0.4) is 0 Å². The van der Waals surface area contributed by atoms with Crippen molar-refractivity contribution in [1.82, 2.24) is 0 Å². The van der Waals surface area contributed by atoms with Gasteiger partial charge in [-0.15, -0.1) is 0 Å². The summed E-state index contributed by atoms with van der Waals surface area (Å²) in [6.07, 6.45) is -0.383. The van der Waals surface area contributed by atoms with Crippen molar-refractivity contribution in [2.24, 2.45) is 0 Å². The molecular formula is C21H20N2O2. The number of carbonyl (C=O) groups excluding carboxylic acids is 1. The van der Waals surface area contributed by atoms with Gasteiger partial charge in [0.1, 0.15) is 6.61 Å². The Kier molecular flexibility index (Phi) is 5.32. The zero-order valence-corrected chi connectivity index (χ0v) is 13.8. The molecule has 0 saturated heterocycles. The Morgan fingerprint density at radius 2 is 1.40 bits per heavy atom. The van der Waals surface area contributed by atoms with E-state index >= 15 is 0 Å². The number of nitrogen functional groups attached to an aromatic ring is 1. The maximum absolute atomic E-state index is 12.7.